The van der Waals surface area contributed by atoms with Gasteiger partial charge in [0.15, 0.2) is 0 Å². The molecule has 24 heteroatoms. The van der Waals surface area contributed by atoms with Crippen molar-refractivity contribution in [1.29, 1.82) is 0 Å². The van der Waals surface area contributed by atoms with Gasteiger partial charge in [0.1, 0.15) is 54.4 Å². The van der Waals surface area contributed by atoms with E-state index in [1.165, 1.54) is 77.8 Å². The highest BCUT2D eigenvalue weighted by Gasteiger charge is 2.43. The summed E-state index contributed by atoms with van der Waals surface area (Å²) in [6.07, 6.45) is 0.634. The molecule has 2 saturated heterocycles. The number of amides is 11. The maximum absolute atomic E-state index is 15.0. The van der Waals surface area contributed by atoms with Gasteiger partial charge in [0.2, 0.25) is 65.0 Å². The summed E-state index contributed by atoms with van der Waals surface area (Å²) in [7, 11) is 8.24. The smallest absolute Gasteiger partial charge is 0.248 e. The first-order valence-electron chi connectivity index (χ1n) is 30.0. The van der Waals surface area contributed by atoms with E-state index in [2.05, 4.69) is 21.3 Å². The van der Waals surface area contributed by atoms with E-state index in [1.54, 1.807) is 62.9 Å². The number of piperidine rings is 1. The average molecular weight is 1200 g/mol. The zero-order valence-electron chi connectivity index (χ0n) is 53.9. The summed E-state index contributed by atoms with van der Waals surface area (Å²) in [4.78, 5) is 168. The lowest BCUT2D eigenvalue weighted by Gasteiger charge is -2.38. The molecule has 2 fully saturated rings. The van der Waals surface area contributed by atoms with Crippen molar-refractivity contribution in [3.8, 4) is 0 Å². The molecule has 24 nitrogen and oxygen atoms in total. The Hall–Kier alpha value is -6.69. The summed E-state index contributed by atoms with van der Waals surface area (Å²) in [6.45, 7) is 20.0. The molecular weight excluding hydrogens is 1090 g/mol. The Labute approximate surface area is 508 Å². The molecule has 0 bridgehead atoms. The van der Waals surface area contributed by atoms with Crippen LogP contribution in [0.2, 0.25) is 0 Å². The minimum Gasteiger partial charge on any atom is -0.391 e. The Balaban J connectivity index is 0.0000252. The first-order chi connectivity index (χ1) is 39.5. The highest BCUT2D eigenvalue weighted by atomic mass is 16.5. The zero-order valence-corrected chi connectivity index (χ0v) is 53.9. The van der Waals surface area contributed by atoms with Crippen LogP contribution in [0.25, 0.3) is 0 Å². The summed E-state index contributed by atoms with van der Waals surface area (Å²) in [5.41, 5.74) is -0.159. The van der Waals surface area contributed by atoms with E-state index in [0.717, 1.165) is 21.1 Å². The summed E-state index contributed by atoms with van der Waals surface area (Å²) in [5.74, 6) is -8.97. The van der Waals surface area contributed by atoms with Gasteiger partial charge >= 0.3 is 0 Å². The minimum atomic E-state index is -1.63. The van der Waals surface area contributed by atoms with Crippen LogP contribution in [0.5, 0.6) is 0 Å². The Morgan fingerprint density at radius 2 is 1.19 bits per heavy atom. The molecule has 3 rings (SSSR count). The number of benzene rings is 1. The van der Waals surface area contributed by atoms with Crippen LogP contribution >= 0.6 is 0 Å². The number of carbonyl (C=O) groups excluding carboxylic acids is 11. The number of rotatable bonds is 12. The Morgan fingerprint density at radius 3 is 1.72 bits per heavy atom. The first kappa shape index (κ1) is 72.6. The number of nitrogens with one attached hydrogen (secondary N) is 4. The van der Waals surface area contributed by atoms with Gasteiger partial charge in [0.05, 0.1) is 31.3 Å². The van der Waals surface area contributed by atoms with Crippen LogP contribution in [0, 0.1) is 17.8 Å². The Kier molecular flexibility index (Phi) is 27.9. The first-order valence-corrected chi connectivity index (χ1v) is 30.0. The van der Waals surface area contributed by atoms with Crippen molar-refractivity contribution in [1.82, 2.24) is 55.6 Å². The van der Waals surface area contributed by atoms with Crippen LogP contribution in [-0.2, 0) is 63.9 Å². The summed E-state index contributed by atoms with van der Waals surface area (Å²) >= 11 is 0. The fourth-order valence-electron chi connectivity index (χ4n) is 10.5. The van der Waals surface area contributed by atoms with E-state index in [1.807, 2.05) is 34.6 Å². The fourth-order valence-corrected chi connectivity index (χ4v) is 10.5. The van der Waals surface area contributed by atoms with E-state index < -0.39 is 150 Å². The summed E-state index contributed by atoms with van der Waals surface area (Å²) < 4.78 is 6.10. The SMILES string of the molecule is CC[C@H](C)[C@H]1C(=O)NC(C(=O)N2CCCCC2)CC(=O)N[C@@H](C)C(=O)N(C)[C@@H](C)C(=O)N(C)[C@@H](Cc2ccccc2)C(=O)N(C)[C@@H](CC(C)C)C(=O)N[C@@H]([C@@H](C)O)C(=O)N(C)CC(=O)N(C)[C@@H](CC(C)C)C(=O)N[C@@H](COC(C)(C)C)C(=O)N1C.[HH].[HH].[HH]. The predicted octanol–water partition coefficient (Wildman–Crippen LogP) is 2.29. The molecule has 5 N–H and O–H groups in total. The van der Waals surface area contributed by atoms with Crippen LogP contribution in [0.4, 0.5) is 0 Å². The van der Waals surface area contributed by atoms with Crippen molar-refractivity contribution in [3.63, 3.8) is 0 Å². The third-order valence-electron chi connectivity index (χ3n) is 16.1. The second kappa shape index (κ2) is 32.7. The molecule has 1 aromatic rings. The third kappa shape index (κ3) is 20.8. The molecule has 1 unspecified atom stereocenters. The van der Waals surface area contributed by atoms with Crippen LogP contribution in [0.1, 0.15) is 138 Å². The maximum atomic E-state index is 15.0. The number of ether oxygens (including phenoxy) is 1. The Morgan fingerprint density at radius 1 is 0.647 bits per heavy atom. The van der Waals surface area contributed by atoms with Crippen molar-refractivity contribution in [3.05, 3.63) is 35.9 Å². The van der Waals surface area contributed by atoms with Crippen molar-refractivity contribution >= 4 is 65.0 Å². The second-order valence-electron chi connectivity index (χ2n) is 25.1. The van der Waals surface area contributed by atoms with Crippen molar-refractivity contribution < 1.29 is 66.9 Å². The molecule has 0 spiro atoms. The third-order valence-corrected chi connectivity index (χ3v) is 16.1. The molecule has 11 amide bonds. The van der Waals surface area contributed by atoms with Crippen LogP contribution in [0.15, 0.2) is 30.3 Å². The number of aliphatic hydroxyl groups is 1. The molecule has 85 heavy (non-hydrogen) atoms. The monoisotopic (exact) mass is 1200 g/mol. The largest absolute Gasteiger partial charge is 0.391 e. The molecule has 1 aromatic carbocycles. The lowest BCUT2D eigenvalue weighted by molar-refractivity contribution is -0.152. The van der Waals surface area contributed by atoms with Gasteiger partial charge in [-0.25, -0.2) is 0 Å². The quantitative estimate of drug-likeness (QED) is 0.201. The number of likely N-dealkylation sites (N-methyl/N-ethyl adjacent to an activating group) is 6. The molecule has 2 heterocycles. The van der Waals surface area contributed by atoms with E-state index in [0.29, 0.717) is 37.9 Å². The number of nitrogens with zero attached hydrogens (tertiary/aromatic N) is 7. The van der Waals surface area contributed by atoms with Gasteiger partial charge in [-0.3, -0.25) is 52.7 Å². The average Bonchev–Trinajstić information content (AvgIpc) is 2.61. The van der Waals surface area contributed by atoms with E-state index in [-0.39, 0.29) is 42.0 Å². The van der Waals surface area contributed by atoms with Crippen molar-refractivity contribution in [2.45, 2.75) is 201 Å². The number of likely N-dealkylation sites (tertiary alicyclic amines) is 1. The second-order valence-corrected chi connectivity index (χ2v) is 25.1. The van der Waals surface area contributed by atoms with Gasteiger partial charge < -0.3 is 65.4 Å². The van der Waals surface area contributed by atoms with Crippen LogP contribution < -0.4 is 21.3 Å². The molecule has 0 aliphatic carbocycles. The van der Waals surface area contributed by atoms with E-state index in [9.17, 15) is 53.1 Å². The topological polar surface area (TPSA) is 288 Å². The molecule has 0 radical (unpaired) electrons. The Bertz CT molecular complexity index is 2500. The van der Waals surface area contributed by atoms with Gasteiger partial charge in [-0.1, -0.05) is 78.3 Å². The molecule has 484 valence electrons. The predicted molar refractivity (Wildman–Crippen MR) is 327 cm³/mol. The summed E-state index contributed by atoms with van der Waals surface area (Å²) in [6, 6.07) is -3.19. The normalized spacial score (nSPS) is 26.5. The molecule has 0 aromatic heterocycles. The molecule has 2 aliphatic rings. The molecular formula is C61H107N11O13. The lowest BCUT2D eigenvalue weighted by atomic mass is 9.95. The number of hydrogen-bond donors (Lipinski definition) is 5. The number of aliphatic hydroxyl groups excluding tert-OH is 1. The van der Waals surface area contributed by atoms with Gasteiger partial charge in [0, 0.05) is 66.1 Å². The molecule has 2 aliphatic heterocycles. The van der Waals surface area contributed by atoms with Gasteiger partial charge in [-0.05, 0) is 97.0 Å². The molecule has 11 atom stereocenters. The summed E-state index contributed by atoms with van der Waals surface area (Å²) in [5, 5.41) is 22.0. The van der Waals surface area contributed by atoms with E-state index in [4.69, 9.17) is 4.74 Å². The number of hydrogen-bond acceptors (Lipinski definition) is 13. The fraction of sp³-hybridized carbons (Fsp3) is 0.721. The van der Waals surface area contributed by atoms with E-state index >= 15 is 4.79 Å². The lowest BCUT2D eigenvalue weighted by Crippen LogP contribution is -2.62. The maximum Gasteiger partial charge on any atom is 0.248 e. The van der Waals surface area contributed by atoms with Crippen LogP contribution in [0.3, 0.4) is 0 Å². The van der Waals surface area contributed by atoms with Gasteiger partial charge in [-0.2, -0.15) is 0 Å². The number of carbonyl (C=O) groups is 11. The van der Waals surface area contributed by atoms with Crippen LogP contribution in [-0.4, -0.2) is 239 Å². The highest BCUT2D eigenvalue weighted by Crippen LogP contribution is 2.22. The minimum absolute atomic E-state index is 0. The van der Waals surface area contributed by atoms with Gasteiger partial charge in [0.25, 0.3) is 0 Å². The van der Waals surface area contributed by atoms with Crippen molar-refractivity contribution in [2.24, 2.45) is 17.8 Å². The highest BCUT2D eigenvalue weighted by molar-refractivity contribution is 5.99. The zero-order chi connectivity index (χ0) is 64.5. The van der Waals surface area contributed by atoms with Gasteiger partial charge in [-0.15, -0.1) is 0 Å². The standard InChI is InChI=1S/C61H101N11O13.3H2/c1-19-38(6)51-54(78)63-43(58(82)72-28-24-21-25-29-72)33-48(74)62-39(7)55(79)67(14)40(8)56(80)70(17)47(32-42-26-22-20-23-27-42)59(83)69(16)46(31-37(4)5)53(77)65-50(41(9)73)60(84)66(13)34-49(75)68(15)45(30-36(2)3)52(76)64-44(57(81)71(51)18)35-85-61(10,11)12;;;/h20,22-23,26-27,36-41,43-47,50-51,73H,19,21,24-25,28-35H2,1-18H3,(H,62,74)(H,63,78)(H,64,76)(H,65,77);3*1H/t38-,39-,40-,41+,43?,44-,45-,46-,47-,50-,51-;;;/m0.../s1. The van der Waals surface area contributed by atoms with Crippen molar-refractivity contribution in [2.75, 3.05) is 68.5 Å². The molecule has 0 saturated carbocycles.